The van der Waals surface area contributed by atoms with Crippen LogP contribution in [0.2, 0.25) is 0 Å². The van der Waals surface area contributed by atoms with Crippen LogP contribution in [0, 0.1) is 10.1 Å². The second-order valence-electron chi connectivity index (χ2n) is 4.18. The van der Waals surface area contributed by atoms with E-state index in [9.17, 15) is 10.1 Å². The molecule has 96 valence electrons. The molecule has 1 aromatic heterocycles. The maximum absolute atomic E-state index is 10.9. The van der Waals surface area contributed by atoms with E-state index in [2.05, 4.69) is 17.2 Å². The molecule has 0 aromatic carbocycles. The van der Waals surface area contributed by atoms with E-state index in [-0.39, 0.29) is 17.8 Å². The van der Waals surface area contributed by atoms with Gasteiger partial charge in [-0.25, -0.2) is 0 Å². The molecule has 6 heteroatoms. The summed E-state index contributed by atoms with van der Waals surface area (Å²) in [5.41, 5.74) is 0.683. The lowest BCUT2D eigenvalue weighted by atomic mass is 9.95. The number of nitrogens with zero attached hydrogens (tertiary/aromatic N) is 3. The van der Waals surface area contributed by atoms with E-state index in [1.807, 2.05) is 13.8 Å². The fourth-order valence-electron chi connectivity index (χ4n) is 2.22. The molecular formula is C11H20N4O2. The fraction of sp³-hybridized carbons (Fsp3) is 0.727. The van der Waals surface area contributed by atoms with Gasteiger partial charge in [-0.15, -0.1) is 0 Å². The average Bonchev–Trinajstić information content (AvgIpc) is 2.67. The van der Waals surface area contributed by atoms with Gasteiger partial charge in [-0.05, 0) is 22.9 Å². The summed E-state index contributed by atoms with van der Waals surface area (Å²) in [5.74, 6) is 0.0317. The van der Waals surface area contributed by atoms with Gasteiger partial charge >= 0.3 is 5.82 Å². The highest BCUT2D eigenvalue weighted by molar-refractivity contribution is 5.31. The first-order chi connectivity index (χ1) is 8.02. The number of imidazole rings is 1. The third-order valence-corrected chi connectivity index (χ3v) is 3.08. The highest BCUT2D eigenvalue weighted by atomic mass is 16.6. The van der Waals surface area contributed by atoms with Crippen molar-refractivity contribution in [1.29, 1.82) is 0 Å². The van der Waals surface area contributed by atoms with Gasteiger partial charge in [0.1, 0.15) is 5.69 Å². The molecule has 0 saturated heterocycles. The zero-order valence-electron chi connectivity index (χ0n) is 10.8. The molecule has 0 saturated carbocycles. The summed E-state index contributed by atoms with van der Waals surface area (Å²) in [5, 5.41) is 14.3. The molecule has 0 aliphatic carbocycles. The summed E-state index contributed by atoms with van der Waals surface area (Å²) < 4.78 is 1.74. The number of hydrogen-bond donors (Lipinski definition) is 1. The Morgan fingerprint density at radius 1 is 1.59 bits per heavy atom. The largest absolute Gasteiger partial charge is 0.385 e. The summed E-state index contributed by atoms with van der Waals surface area (Å²) in [6, 6.07) is 0.231. The van der Waals surface area contributed by atoms with Crippen molar-refractivity contribution in [2.75, 3.05) is 6.54 Å². The third-order valence-electron chi connectivity index (χ3n) is 3.08. The van der Waals surface area contributed by atoms with E-state index in [1.165, 1.54) is 6.33 Å². The summed E-state index contributed by atoms with van der Waals surface area (Å²) >= 11 is 0. The number of hydrogen-bond acceptors (Lipinski definition) is 4. The van der Waals surface area contributed by atoms with Crippen LogP contribution in [0.4, 0.5) is 5.82 Å². The van der Waals surface area contributed by atoms with Crippen molar-refractivity contribution in [2.45, 2.75) is 39.2 Å². The van der Waals surface area contributed by atoms with E-state index in [0.717, 1.165) is 13.0 Å². The van der Waals surface area contributed by atoms with Gasteiger partial charge < -0.3 is 20.0 Å². The van der Waals surface area contributed by atoms with Crippen molar-refractivity contribution in [1.82, 2.24) is 14.9 Å². The summed E-state index contributed by atoms with van der Waals surface area (Å²) in [6.45, 7) is 6.97. The number of rotatable bonds is 6. The molecule has 0 aliphatic rings. The number of nitro groups is 1. The van der Waals surface area contributed by atoms with Crippen molar-refractivity contribution in [3.8, 4) is 0 Å². The predicted molar refractivity (Wildman–Crippen MR) is 66.0 cm³/mol. The van der Waals surface area contributed by atoms with E-state index in [1.54, 1.807) is 11.6 Å². The maximum Gasteiger partial charge on any atom is 0.385 e. The van der Waals surface area contributed by atoms with Crippen molar-refractivity contribution in [3.63, 3.8) is 0 Å². The van der Waals surface area contributed by atoms with Crippen LogP contribution in [0.5, 0.6) is 0 Å². The summed E-state index contributed by atoms with van der Waals surface area (Å²) in [4.78, 5) is 14.4. The Morgan fingerprint density at radius 2 is 2.24 bits per heavy atom. The molecule has 2 unspecified atom stereocenters. The molecule has 17 heavy (non-hydrogen) atoms. The number of nitrogens with one attached hydrogen (secondary N) is 1. The Kier molecular flexibility index (Phi) is 4.62. The number of likely N-dealkylation sites (N-methyl/N-ethyl adjacent to an activating group) is 1. The number of aromatic nitrogens is 2. The smallest absolute Gasteiger partial charge is 0.358 e. The average molecular weight is 240 g/mol. The van der Waals surface area contributed by atoms with Crippen LogP contribution >= 0.6 is 0 Å². The van der Waals surface area contributed by atoms with Crippen LogP contribution < -0.4 is 5.32 Å². The highest BCUT2D eigenvalue weighted by Crippen LogP contribution is 2.28. The van der Waals surface area contributed by atoms with Gasteiger partial charge in [0, 0.05) is 19.0 Å². The molecule has 1 heterocycles. The molecule has 2 atom stereocenters. The van der Waals surface area contributed by atoms with Gasteiger partial charge in [0.15, 0.2) is 0 Å². The van der Waals surface area contributed by atoms with Gasteiger partial charge in [0.05, 0.1) is 0 Å². The predicted octanol–water partition coefficient (Wildman–Crippen LogP) is 1.82. The van der Waals surface area contributed by atoms with E-state index in [0.29, 0.717) is 5.69 Å². The topological polar surface area (TPSA) is 73.0 Å². The Hall–Kier alpha value is -1.43. The molecule has 0 fully saturated rings. The van der Waals surface area contributed by atoms with Gasteiger partial charge in [-0.1, -0.05) is 20.8 Å². The molecular weight excluding hydrogens is 220 g/mol. The molecule has 0 amide bonds. The number of aryl methyl sites for hydroxylation is 1. The van der Waals surface area contributed by atoms with Crippen LogP contribution in [0.3, 0.4) is 0 Å². The lowest BCUT2D eigenvalue weighted by Crippen LogP contribution is -2.34. The quantitative estimate of drug-likeness (QED) is 0.608. The molecule has 0 aliphatic heterocycles. The SMILES string of the molecule is CCNC(CC)C(C)c1c([N+](=O)[O-])ncn1C. The molecule has 6 nitrogen and oxygen atoms in total. The highest BCUT2D eigenvalue weighted by Gasteiger charge is 2.28. The first kappa shape index (κ1) is 13.6. The first-order valence-electron chi connectivity index (χ1n) is 5.91. The summed E-state index contributed by atoms with van der Waals surface area (Å²) in [6.07, 6.45) is 2.43. The van der Waals surface area contributed by atoms with Crippen molar-refractivity contribution in [3.05, 3.63) is 22.1 Å². The fourth-order valence-corrected chi connectivity index (χ4v) is 2.22. The standard InChI is InChI=1S/C11H20N4O2/c1-5-9(12-6-2)8(3)10-11(15(16)17)13-7-14(10)4/h7-9,12H,5-6H2,1-4H3. The minimum absolute atomic E-state index is 0.0312. The van der Waals surface area contributed by atoms with E-state index >= 15 is 0 Å². The lowest BCUT2D eigenvalue weighted by Gasteiger charge is -2.23. The zero-order valence-corrected chi connectivity index (χ0v) is 10.8. The Bertz CT molecular complexity index is 389. The van der Waals surface area contributed by atoms with Crippen LogP contribution in [-0.2, 0) is 7.05 Å². The first-order valence-corrected chi connectivity index (χ1v) is 5.91. The van der Waals surface area contributed by atoms with E-state index in [4.69, 9.17) is 0 Å². The molecule has 0 radical (unpaired) electrons. The summed E-state index contributed by atoms with van der Waals surface area (Å²) in [7, 11) is 1.80. The molecule has 0 spiro atoms. The van der Waals surface area contributed by atoms with Crippen molar-refractivity contribution in [2.24, 2.45) is 7.05 Å². The zero-order chi connectivity index (χ0) is 13.0. The van der Waals surface area contributed by atoms with Crippen LogP contribution in [-0.4, -0.2) is 27.1 Å². The Labute approximate surface area is 101 Å². The van der Waals surface area contributed by atoms with Crippen LogP contribution in [0.25, 0.3) is 0 Å². The Balaban J connectivity index is 3.05. The van der Waals surface area contributed by atoms with Crippen LogP contribution in [0.15, 0.2) is 6.33 Å². The normalized spacial score (nSPS) is 14.6. The van der Waals surface area contributed by atoms with Gasteiger partial charge in [0.25, 0.3) is 0 Å². The maximum atomic E-state index is 10.9. The minimum Gasteiger partial charge on any atom is -0.358 e. The minimum atomic E-state index is -0.412. The lowest BCUT2D eigenvalue weighted by molar-refractivity contribution is -0.390. The second-order valence-corrected chi connectivity index (χ2v) is 4.18. The van der Waals surface area contributed by atoms with Gasteiger partial charge in [0.2, 0.25) is 6.33 Å². The Morgan fingerprint density at radius 3 is 2.71 bits per heavy atom. The molecule has 1 aromatic rings. The molecule has 1 N–H and O–H groups in total. The second kappa shape index (κ2) is 5.77. The van der Waals surface area contributed by atoms with Crippen molar-refractivity contribution >= 4 is 5.82 Å². The van der Waals surface area contributed by atoms with Crippen LogP contribution in [0.1, 0.15) is 38.8 Å². The van der Waals surface area contributed by atoms with Gasteiger partial charge in [-0.3, -0.25) is 0 Å². The monoisotopic (exact) mass is 240 g/mol. The third kappa shape index (κ3) is 2.82. The van der Waals surface area contributed by atoms with Crippen molar-refractivity contribution < 1.29 is 4.92 Å². The van der Waals surface area contributed by atoms with E-state index < -0.39 is 4.92 Å². The molecule has 0 bridgehead atoms. The molecule has 1 rings (SSSR count). The van der Waals surface area contributed by atoms with Gasteiger partial charge in [-0.2, -0.15) is 0 Å².